The van der Waals surface area contributed by atoms with E-state index in [1.807, 2.05) is 12.3 Å². The lowest BCUT2D eigenvalue weighted by atomic mass is 9.94. The molecule has 1 heterocycles. The van der Waals surface area contributed by atoms with E-state index in [1.165, 1.54) is 18.5 Å². The standard InChI is InChI=1S/C14H24N2/c1-4-9-16-14(12(3)5-2)11-13-8-6-7-10-15-13/h6-8,10,12,14,16H,4-5,9,11H2,1-3H3. The molecule has 0 aromatic carbocycles. The average Bonchev–Trinajstić information content (AvgIpc) is 2.34. The summed E-state index contributed by atoms with van der Waals surface area (Å²) < 4.78 is 0. The second kappa shape index (κ2) is 7.39. The van der Waals surface area contributed by atoms with Gasteiger partial charge in [-0.2, -0.15) is 0 Å². The van der Waals surface area contributed by atoms with E-state index in [1.54, 1.807) is 0 Å². The molecule has 90 valence electrons. The van der Waals surface area contributed by atoms with Gasteiger partial charge in [0.25, 0.3) is 0 Å². The summed E-state index contributed by atoms with van der Waals surface area (Å²) >= 11 is 0. The van der Waals surface area contributed by atoms with Gasteiger partial charge in [-0.05, 0) is 31.0 Å². The van der Waals surface area contributed by atoms with Crippen molar-refractivity contribution in [2.24, 2.45) is 5.92 Å². The molecule has 0 saturated carbocycles. The third-order valence-corrected chi connectivity index (χ3v) is 3.14. The van der Waals surface area contributed by atoms with Gasteiger partial charge in [0.05, 0.1) is 0 Å². The Morgan fingerprint density at radius 3 is 2.69 bits per heavy atom. The number of hydrogen-bond acceptors (Lipinski definition) is 2. The summed E-state index contributed by atoms with van der Waals surface area (Å²) in [6.45, 7) is 7.88. The lowest BCUT2D eigenvalue weighted by Crippen LogP contribution is -2.37. The predicted molar refractivity (Wildman–Crippen MR) is 69.5 cm³/mol. The van der Waals surface area contributed by atoms with Crippen molar-refractivity contribution in [2.75, 3.05) is 6.54 Å². The van der Waals surface area contributed by atoms with E-state index in [9.17, 15) is 0 Å². The van der Waals surface area contributed by atoms with Crippen LogP contribution in [-0.2, 0) is 6.42 Å². The van der Waals surface area contributed by atoms with Gasteiger partial charge in [0.2, 0.25) is 0 Å². The smallest absolute Gasteiger partial charge is 0.0419 e. The summed E-state index contributed by atoms with van der Waals surface area (Å²) in [5.74, 6) is 0.702. The first-order valence-corrected chi connectivity index (χ1v) is 6.41. The maximum Gasteiger partial charge on any atom is 0.0419 e. The second-order valence-corrected chi connectivity index (χ2v) is 4.47. The summed E-state index contributed by atoms with van der Waals surface area (Å²) in [6.07, 6.45) is 5.32. The van der Waals surface area contributed by atoms with Crippen molar-refractivity contribution in [1.82, 2.24) is 10.3 Å². The predicted octanol–water partition coefficient (Wildman–Crippen LogP) is 3.04. The molecule has 2 heteroatoms. The number of aromatic nitrogens is 1. The Labute approximate surface area is 99.5 Å². The van der Waals surface area contributed by atoms with E-state index >= 15 is 0 Å². The lowest BCUT2D eigenvalue weighted by molar-refractivity contribution is 0.362. The van der Waals surface area contributed by atoms with Crippen molar-refractivity contribution in [2.45, 2.75) is 46.1 Å². The van der Waals surface area contributed by atoms with Gasteiger partial charge in [-0.1, -0.05) is 33.3 Å². The van der Waals surface area contributed by atoms with Crippen LogP contribution < -0.4 is 5.32 Å². The van der Waals surface area contributed by atoms with Gasteiger partial charge in [-0.3, -0.25) is 4.98 Å². The fraction of sp³-hybridized carbons (Fsp3) is 0.643. The van der Waals surface area contributed by atoms with Gasteiger partial charge in [0, 0.05) is 24.4 Å². The quantitative estimate of drug-likeness (QED) is 0.764. The van der Waals surface area contributed by atoms with E-state index in [2.05, 4.69) is 43.2 Å². The van der Waals surface area contributed by atoms with Crippen LogP contribution in [0.1, 0.15) is 39.3 Å². The number of rotatable bonds is 7. The van der Waals surface area contributed by atoms with Gasteiger partial charge < -0.3 is 5.32 Å². The van der Waals surface area contributed by atoms with Crippen molar-refractivity contribution in [1.29, 1.82) is 0 Å². The van der Waals surface area contributed by atoms with Crippen LogP contribution in [-0.4, -0.2) is 17.6 Å². The molecule has 0 aliphatic rings. The van der Waals surface area contributed by atoms with Crippen LogP contribution in [0.5, 0.6) is 0 Å². The summed E-state index contributed by atoms with van der Waals surface area (Å²) in [5.41, 5.74) is 1.19. The zero-order valence-electron chi connectivity index (χ0n) is 10.7. The molecular weight excluding hydrogens is 196 g/mol. The molecular formula is C14H24N2. The average molecular weight is 220 g/mol. The summed E-state index contributed by atoms with van der Waals surface area (Å²) in [5, 5.41) is 3.63. The summed E-state index contributed by atoms with van der Waals surface area (Å²) in [7, 11) is 0. The Hall–Kier alpha value is -0.890. The molecule has 2 atom stereocenters. The first kappa shape index (κ1) is 13.2. The van der Waals surface area contributed by atoms with E-state index in [0.717, 1.165) is 13.0 Å². The molecule has 0 saturated heterocycles. The molecule has 0 amide bonds. The molecule has 0 fully saturated rings. The molecule has 0 aliphatic carbocycles. The van der Waals surface area contributed by atoms with Crippen LogP contribution in [0, 0.1) is 5.92 Å². The van der Waals surface area contributed by atoms with Crippen molar-refractivity contribution in [3.8, 4) is 0 Å². The van der Waals surface area contributed by atoms with Gasteiger partial charge in [-0.15, -0.1) is 0 Å². The van der Waals surface area contributed by atoms with Crippen molar-refractivity contribution in [3.05, 3.63) is 30.1 Å². The van der Waals surface area contributed by atoms with Gasteiger partial charge in [0.1, 0.15) is 0 Å². The Morgan fingerprint density at radius 2 is 2.12 bits per heavy atom. The summed E-state index contributed by atoms with van der Waals surface area (Å²) in [4.78, 5) is 4.40. The highest BCUT2D eigenvalue weighted by Crippen LogP contribution is 2.12. The first-order chi connectivity index (χ1) is 7.77. The minimum Gasteiger partial charge on any atom is -0.313 e. The molecule has 16 heavy (non-hydrogen) atoms. The molecule has 0 spiro atoms. The topological polar surface area (TPSA) is 24.9 Å². The fourth-order valence-corrected chi connectivity index (χ4v) is 1.83. The molecule has 0 bridgehead atoms. The molecule has 2 nitrogen and oxygen atoms in total. The van der Waals surface area contributed by atoms with Crippen LogP contribution >= 0.6 is 0 Å². The maximum atomic E-state index is 4.40. The monoisotopic (exact) mass is 220 g/mol. The Kier molecular flexibility index (Phi) is 6.09. The highest BCUT2D eigenvalue weighted by Gasteiger charge is 2.15. The van der Waals surface area contributed by atoms with Crippen LogP contribution in [0.3, 0.4) is 0 Å². The van der Waals surface area contributed by atoms with Gasteiger partial charge in [0.15, 0.2) is 0 Å². The van der Waals surface area contributed by atoms with Gasteiger partial charge >= 0.3 is 0 Å². The maximum absolute atomic E-state index is 4.40. The van der Waals surface area contributed by atoms with E-state index < -0.39 is 0 Å². The molecule has 1 aromatic rings. The Bertz CT molecular complexity index is 271. The molecule has 0 radical (unpaired) electrons. The number of pyridine rings is 1. The zero-order chi connectivity index (χ0) is 11.8. The number of nitrogens with zero attached hydrogens (tertiary/aromatic N) is 1. The van der Waals surface area contributed by atoms with Gasteiger partial charge in [-0.25, -0.2) is 0 Å². The van der Waals surface area contributed by atoms with E-state index in [0.29, 0.717) is 12.0 Å². The van der Waals surface area contributed by atoms with E-state index in [4.69, 9.17) is 0 Å². The molecule has 1 rings (SSSR count). The molecule has 2 unspecified atom stereocenters. The molecule has 0 aliphatic heterocycles. The Morgan fingerprint density at radius 1 is 1.31 bits per heavy atom. The minimum atomic E-state index is 0.555. The number of hydrogen-bond donors (Lipinski definition) is 1. The zero-order valence-corrected chi connectivity index (χ0v) is 10.7. The SMILES string of the molecule is CCCNC(Cc1ccccn1)C(C)CC. The van der Waals surface area contributed by atoms with Crippen molar-refractivity contribution >= 4 is 0 Å². The number of nitrogens with one attached hydrogen (secondary N) is 1. The third-order valence-electron chi connectivity index (χ3n) is 3.14. The van der Waals surface area contributed by atoms with E-state index in [-0.39, 0.29) is 0 Å². The van der Waals surface area contributed by atoms with Crippen molar-refractivity contribution < 1.29 is 0 Å². The largest absolute Gasteiger partial charge is 0.313 e. The van der Waals surface area contributed by atoms with Crippen LogP contribution in [0.25, 0.3) is 0 Å². The fourth-order valence-electron chi connectivity index (χ4n) is 1.83. The first-order valence-electron chi connectivity index (χ1n) is 6.41. The van der Waals surface area contributed by atoms with Crippen molar-refractivity contribution in [3.63, 3.8) is 0 Å². The Balaban J connectivity index is 2.56. The highest BCUT2D eigenvalue weighted by molar-refractivity contribution is 5.05. The normalized spacial score (nSPS) is 14.7. The molecule has 1 aromatic heterocycles. The lowest BCUT2D eigenvalue weighted by Gasteiger charge is -2.24. The third kappa shape index (κ3) is 4.31. The van der Waals surface area contributed by atoms with Crippen LogP contribution in [0.2, 0.25) is 0 Å². The second-order valence-electron chi connectivity index (χ2n) is 4.47. The highest BCUT2D eigenvalue weighted by atomic mass is 14.9. The minimum absolute atomic E-state index is 0.555. The molecule has 1 N–H and O–H groups in total. The summed E-state index contributed by atoms with van der Waals surface area (Å²) in [6, 6.07) is 6.71. The van der Waals surface area contributed by atoms with Crippen LogP contribution in [0.4, 0.5) is 0 Å². The van der Waals surface area contributed by atoms with Crippen LogP contribution in [0.15, 0.2) is 24.4 Å².